The molecule has 0 amide bonds. The Hall–Kier alpha value is -1.65. The SMILES string of the molecule is CCc1cc(CC(Cc2ccccc2C)NN)n(CC)n1. The van der Waals surface area contributed by atoms with Crippen molar-refractivity contribution in [3.63, 3.8) is 0 Å². The van der Waals surface area contributed by atoms with Gasteiger partial charge < -0.3 is 0 Å². The summed E-state index contributed by atoms with van der Waals surface area (Å²) >= 11 is 0. The summed E-state index contributed by atoms with van der Waals surface area (Å²) < 4.78 is 2.08. The van der Waals surface area contributed by atoms with E-state index in [2.05, 4.69) is 66.3 Å². The maximum absolute atomic E-state index is 5.77. The summed E-state index contributed by atoms with van der Waals surface area (Å²) in [7, 11) is 0. The van der Waals surface area contributed by atoms with Gasteiger partial charge in [-0.3, -0.25) is 16.0 Å². The van der Waals surface area contributed by atoms with E-state index in [4.69, 9.17) is 5.84 Å². The molecule has 0 radical (unpaired) electrons. The number of aromatic nitrogens is 2. The van der Waals surface area contributed by atoms with E-state index in [1.807, 2.05) is 0 Å². The molecule has 4 heteroatoms. The van der Waals surface area contributed by atoms with Gasteiger partial charge >= 0.3 is 0 Å². The number of hydrogen-bond donors (Lipinski definition) is 2. The van der Waals surface area contributed by atoms with Crippen molar-refractivity contribution < 1.29 is 0 Å². The Balaban J connectivity index is 2.12. The van der Waals surface area contributed by atoms with Crippen molar-refractivity contribution in [1.29, 1.82) is 0 Å². The number of aryl methyl sites for hydroxylation is 3. The van der Waals surface area contributed by atoms with Gasteiger partial charge in [0, 0.05) is 24.7 Å². The lowest BCUT2D eigenvalue weighted by molar-refractivity contribution is 0.495. The number of hydrazine groups is 1. The molecule has 0 saturated carbocycles. The molecule has 0 spiro atoms. The van der Waals surface area contributed by atoms with Gasteiger partial charge in [0.25, 0.3) is 0 Å². The molecule has 1 aromatic carbocycles. The molecule has 0 aliphatic heterocycles. The molecule has 0 aliphatic carbocycles. The molecule has 1 atom stereocenters. The van der Waals surface area contributed by atoms with E-state index in [-0.39, 0.29) is 6.04 Å². The second kappa shape index (κ2) is 7.38. The zero-order valence-corrected chi connectivity index (χ0v) is 13.3. The van der Waals surface area contributed by atoms with Gasteiger partial charge in [-0.25, -0.2) is 0 Å². The number of rotatable bonds is 7. The predicted molar refractivity (Wildman–Crippen MR) is 87.0 cm³/mol. The van der Waals surface area contributed by atoms with E-state index in [0.29, 0.717) is 0 Å². The molecule has 0 aliphatic rings. The summed E-state index contributed by atoms with van der Waals surface area (Å²) in [5.41, 5.74) is 8.03. The van der Waals surface area contributed by atoms with E-state index in [1.165, 1.54) is 16.8 Å². The second-order valence-corrected chi connectivity index (χ2v) is 5.49. The number of nitrogens with zero attached hydrogens (tertiary/aromatic N) is 2. The van der Waals surface area contributed by atoms with Gasteiger partial charge in [-0.05, 0) is 43.9 Å². The van der Waals surface area contributed by atoms with Crippen molar-refractivity contribution in [1.82, 2.24) is 15.2 Å². The average molecular weight is 286 g/mol. The maximum atomic E-state index is 5.77. The first kappa shape index (κ1) is 15.7. The minimum atomic E-state index is 0.220. The van der Waals surface area contributed by atoms with Gasteiger partial charge in [-0.2, -0.15) is 5.10 Å². The van der Waals surface area contributed by atoms with Crippen LogP contribution in [0.3, 0.4) is 0 Å². The molecule has 0 saturated heterocycles. The highest BCUT2D eigenvalue weighted by Crippen LogP contribution is 2.14. The predicted octanol–water partition coefficient (Wildman–Crippen LogP) is 2.39. The Labute approximate surface area is 127 Å². The largest absolute Gasteiger partial charge is 0.271 e. The van der Waals surface area contributed by atoms with Crippen LogP contribution >= 0.6 is 0 Å². The highest BCUT2D eigenvalue weighted by Gasteiger charge is 2.14. The molecule has 4 nitrogen and oxygen atoms in total. The van der Waals surface area contributed by atoms with E-state index in [9.17, 15) is 0 Å². The smallest absolute Gasteiger partial charge is 0.0624 e. The minimum Gasteiger partial charge on any atom is -0.271 e. The van der Waals surface area contributed by atoms with Crippen LogP contribution in [-0.2, 0) is 25.8 Å². The molecule has 3 N–H and O–H groups in total. The highest BCUT2D eigenvalue weighted by molar-refractivity contribution is 5.26. The van der Waals surface area contributed by atoms with Gasteiger partial charge in [0.1, 0.15) is 0 Å². The number of nitrogens with one attached hydrogen (secondary N) is 1. The first-order valence-corrected chi connectivity index (χ1v) is 7.74. The molecule has 0 bridgehead atoms. The van der Waals surface area contributed by atoms with E-state index in [0.717, 1.165) is 31.5 Å². The Morgan fingerprint density at radius 3 is 2.62 bits per heavy atom. The quantitative estimate of drug-likeness (QED) is 0.607. The van der Waals surface area contributed by atoms with Crippen LogP contribution in [-0.4, -0.2) is 15.8 Å². The molecule has 21 heavy (non-hydrogen) atoms. The standard InChI is InChI=1S/C17H26N4/c1-4-15-11-17(21(5-2)20-15)12-16(19-18)10-14-9-7-6-8-13(14)3/h6-9,11,16,19H,4-5,10,12,18H2,1-3H3. The van der Waals surface area contributed by atoms with Crippen LogP contribution < -0.4 is 11.3 Å². The van der Waals surface area contributed by atoms with Crippen molar-refractivity contribution in [3.05, 3.63) is 52.8 Å². The molecule has 1 heterocycles. The van der Waals surface area contributed by atoms with E-state index >= 15 is 0 Å². The summed E-state index contributed by atoms with van der Waals surface area (Å²) in [4.78, 5) is 0. The Kier molecular flexibility index (Phi) is 5.53. The first-order chi connectivity index (χ1) is 10.2. The summed E-state index contributed by atoms with van der Waals surface area (Å²) in [5.74, 6) is 5.77. The van der Waals surface area contributed by atoms with Crippen molar-refractivity contribution in [2.24, 2.45) is 5.84 Å². The normalized spacial score (nSPS) is 12.6. The third-order valence-corrected chi connectivity index (χ3v) is 3.99. The van der Waals surface area contributed by atoms with Crippen molar-refractivity contribution in [2.75, 3.05) is 0 Å². The van der Waals surface area contributed by atoms with Crippen LogP contribution in [0.1, 0.15) is 36.4 Å². The van der Waals surface area contributed by atoms with Gasteiger partial charge in [-0.15, -0.1) is 0 Å². The van der Waals surface area contributed by atoms with E-state index < -0.39 is 0 Å². The first-order valence-electron chi connectivity index (χ1n) is 7.74. The zero-order chi connectivity index (χ0) is 15.2. The summed E-state index contributed by atoms with van der Waals surface area (Å²) in [6, 6.07) is 10.9. The topological polar surface area (TPSA) is 55.9 Å². The van der Waals surface area contributed by atoms with Crippen LogP contribution in [0.15, 0.2) is 30.3 Å². The molecular formula is C17H26N4. The molecule has 2 aromatic rings. The van der Waals surface area contributed by atoms with Crippen LogP contribution in [0.2, 0.25) is 0 Å². The third-order valence-electron chi connectivity index (χ3n) is 3.99. The molecule has 0 fully saturated rings. The average Bonchev–Trinajstić information content (AvgIpc) is 2.90. The molecular weight excluding hydrogens is 260 g/mol. The summed E-state index contributed by atoms with van der Waals surface area (Å²) in [6.45, 7) is 7.31. The van der Waals surface area contributed by atoms with Gasteiger partial charge in [0.2, 0.25) is 0 Å². The summed E-state index contributed by atoms with van der Waals surface area (Å²) in [6.07, 6.45) is 2.80. The van der Waals surface area contributed by atoms with Crippen molar-refractivity contribution in [3.8, 4) is 0 Å². The number of hydrogen-bond acceptors (Lipinski definition) is 3. The molecule has 1 unspecified atom stereocenters. The van der Waals surface area contributed by atoms with Gasteiger partial charge in [0.15, 0.2) is 0 Å². The lowest BCUT2D eigenvalue weighted by Crippen LogP contribution is -2.39. The Morgan fingerprint density at radius 2 is 2.00 bits per heavy atom. The van der Waals surface area contributed by atoms with Gasteiger partial charge in [-0.1, -0.05) is 31.2 Å². The fourth-order valence-corrected chi connectivity index (χ4v) is 2.67. The Morgan fingerprint density at radius 1 is 1.24 bits per heavy atom. The Bertz CT molecular complexity index is 574. The van der Waals surface area contributed by atoms with Gasteiger partial charge in [0.05, 0.1) is 5.69 Å². The van der Waals surface area contributed by atoms with Crippen LogP contribution in [0.25, 0.3) is 0 Å². The third kappa shape index (κ3) is 3.93. The highest BCUT2D eigenvalue weighted by atomic mass is 15.3. The van der Waals surface area contributed by atoms with Crippen LogP contribution in [0.5, 0.6) is 0 Å². The molecule has 1 aromatic heterocycles. The minimum absolute atomic E-state index is 0.220. The van der Waals surface area contributed by atoms with Crippen LogP contribution in [0, 0.1) is 6.92 Å². The fourth-order valence-electron chi connectivity index (χ4n) is 2.67. The maximum Gasteiger partial charge on any atom is 0.0624 e. The monoisotopic (exact) mass is 286 g/mol. The molecule has 2 rings (SSSR count). The van der Waals surface area contributed by atoms with Crippen LogP contribution in [0.4, 0.5) is 0 Å². The zero-order valence-electron chi connectivity index (χ0n) is 13.3. The van der Waals surface area contributed by atoms with Crippen molar-refractivity contribution >= 4 is 0 Å². The number of benzene rings is 1. The second-order valence-electron chi connectivity index (χ2n) is 5.49. The molecule has 114 valence electrons. The number of nitrogens with two attached hydrogens (primary N) is 1. The van der Waals surface area contributed by atoms with E-state index in [1.54, 1.807) is 0 Å². The summed E-state index contributed by atoms with van der Waals surface area (Å²) in [5, 5.41) is 4.61. The fraction of sp³-hybridized carbons (Fsp3) is 0.471. The van der Waals surface area contributed by atoms with Crippen molar-refractivity contribution in [2.45, 2.75) is 52.6 Å². The lowest BCUT2D eigenvalue weighted by atomic mass is 9.98. The lowest BCUT2D eigenvalue weighted by Gasteiger charge is -2.17.